The predicted octanol–water partition coefficient (Wildman–Crippen LogP) is 2.33. The molecular formula is C13H13F2N3O3. The molecule has 2 aromatic rings. The monoisotopic (exact) mass is 297 g/mol. The molecule has 0 radical (unpaired) electrons. The van der Waals surface area contributed by atoms with Gasteiger partial charge in [0.2, 0.25) is 0 Å². The van der Waals surface area contributed by atoms with E-state index < -0.39 is 17.6 Å². The molecule has 21 heavy (non-hydrogen) atoms. The van der Waals surface area contributed by atoms with Gasteiger partial charge in [0.05, 0.1) is 18.8 Å². The minimum atomic E-state index is -1.17. The summed E-state index contributed by atoms with van der Waals surface area (Å²) in [6.07, 6.45) is 0. The number of halogens is 2. The zero-order valence-electron chi connectivity index (χ0n) is 11.4. The molecule has 2 rings (SSSR count). The van der Waals surface area contributed by atoms with Gasteiger partial charge in [0.15, 0.2) is 17.3 Å². The largest absolute Gasteiger partial charge is 0.493 e. The number of benzene rings is 1. The molecule has 1 N–H and O–H groups in total. The predicted molar refractivity (Wildman–Crippen MR) is 68.9 cm³/mol. The van der Waals surface area contributed by atoms with Crippen molar-refractivity contribution >= 4 is 5.97 Å². The minimum Gasteiger partial charge on any atom is -0.493 e. The fourth-order valence-electron chi connectivity index (χ4n) is 1.78. The lowest BCUT2D eigenvalue weighted by Crippen LogP contribution is -2.08. The second-order valence-corrected chi connectivity index (χ2v) is 3.91. The highest BCUT2D eigenvalue weighted by Crippen LogP contribution is 2.34. The van der Waals surface area contributed by atoms with E-state index in [9.17, 15) is 13.6 Å². The number of nitrogens with one attached hydrogen (secondary N) is 1. The average molecular weight is 297 g/mol. The molecule has 6 nitrogen and oxygen atoms in total. The quantitative estimate of drug-likeness (QED) is 0.857. The van der Waals surface area contributed by atoms with Crippen LogP contribution in [0, 0.1) is 11.6 Å². The first-order chi connectivity index (χ1) is 10.1. The SMILES string of the molecule is CCOC(=O)c1n[nH]nc1-c1c(OCC)ccc(F)c1F. The Morgan fingerprint density at radius 1 is 1.24 bits per heavy atom. The van der Waals surface area contributed by atoms with E-state index in [0.29, 0.717) is 0 Å². The van der Waals surface area contributed by atoms with Crippen molar-refractivity contribution in [1.82, 2.24) is 15.4 Å². The van der Waals surface area contributed by atoms with Crippen LogP contribution in [0.3, 0.4) is 0 Å². The summed E-state index contributed by atoms with van der Waals surface area (Å²) in [6, 6.07) is 2.20. The third-order valence-electron chi connectivity index (χ3n) is 2.61. The Bertz CT molecular complexity index is 658. The van der Waals surface area contributed by atoms with E-state index in [4.69, 9.17) is 9.47 Å². The first-order valence-corrected chi connectivity index (χ1v) is 6.29. The van der Waals surface area contributed by atoms with Crippen molar-refractivity contribution < 1.29 is 23.0 Å². The van der Waals surface area contributed by atoms with Gasteiger partial charge in [-0.3, -0.25) is 0 Å². The van der Waals surface area contributed by atoms with Crippen molar-refractivity contribution in [3.8, 4) is 17.0 Å². The van der Waals surface area contributed by atoms with Crippen LogP contribution in [0.2, 0.25) is 0 Å². The van der Waals surface area contributed by atoms with Crippen LogP contribution in [0.5, 0.6) is 5.75 Å². The lowest BCUT2D eigenvalue weighted by atomic mass is 10.1. The van der Waals surface area contributed by atoms with Crippen molar-refractivity contribution in [2.45, 2.75) is 13.8 Å². The standard InChI is InChI=1S/C13H13F2N3O3/c1-3-20-8-6-5-7(14)10(15)9(8)11-12(17-18-16-11)13(19)21-4-2/h5-6H,3-4H2,1-2H3,(H,16,17,18). The fourth-order valence-corrected chi connectivity index (χ4v) is 1.78. The topological polar surface area (TPSA) is 77.1 Å². The molecule has 1 aromatic heterocycles. The van der Waals surface area contributed by atoms with Crippen molar-refractivity contribution in [2.75, 3.05) is 13.2 Å². The summed E-state index contributed by atoms with van der Waals surface area (Å²) >= 11 is 0. The van der Waals surface area contributed by atoms with Gasteiger partial charge in [0, 0.05) is 0 Å². The molecule has 0 bridgehead atoms. The van der Waals surface area contributed by atoms with Crippen LogP contribution >= 0.6 is 0 Å². The van der Waals surface area contributed by atoms with Gasteiger partial charge in [0.1, 0.15) is 11.4 Å². The molecule has 0 spiro atoms. The molecular weight excluding hydrogens is 284 g/mol. The van der Waals surface area contributed by atoms with Gasteiger partial charge in [-0.05, 0) is 26.0 Å². The number of aromatic nitrogens is 3. The third-order valence-corrected chi connectivity index (χ3v) is 2.61. The van der Waals surface area contributed by atoms with Crippen LogP contribution in [0.1, 0.15) is 24.3 Å². The van der Waals surface area contributed by atoms with Crippen molar-refractivity contribution in [3.05, 3.63) is 29.5 Å². The number of esters is 1. The molecule has 8 heteroatoms. The van der Waals surface area contributed by atoms with Crippen LogP contribution in [0.15, 0.2) is 12.1 Å². The van der Waals surface area contributed by atoms with E-state index in [0.717, 1.165) is 6.07 Å². The summed E-state index contributed by atoms with van der Waals surface area (Å²) in [4.78, 5) is 11.8. The first-order valence-electron chi connectivity index (χ1n) is 6.29. The number of ether oxygens (including phenoxy) is 2. The molecule has 0 saturated carbocycles. The molecule has 0 aliphatic rings. The highest BCUT2D eigenvalue weighted by Gasteiger charge is 2.26. The number of H-pyrrole nitrogens is 1. The van der Waals surface area contributed by atoms with Crippen molar-refractivity contribution in [3.63, 3.8) is 0 Å². The Morgan fingerprint density at radius 2 is 2.00 bits per heavy atom. The first kappa shape index (κ1) is 14.9. The number of hydrogen-bond acceptors (Lipinski definition) is 5. The third kappa shape index (κ3) is 2.83. The average Bonchev–Trinajstić information content (AvgIpc) is 2.93. The van der Waals surface area contributed by atoms with Gasteiger partial charge >= 0.3 is 5.97 Å². The van der Waals surface area contributed by atoms with Gasteiger partial charge < -0.3 is 9.47 Å². The molecule has 1 heterocycles. The van der Waals surface area contributed by atoms with E-state index in [1.807, 2.05) is 0 Å². The van der Waals surface area contributed by atoms with Crippen LogP contribution in [0.4, 0.5) is 8.78 Å². The number of carbonyl (C=O) groups excluding carboxylic acids is 1. The van der Waals surface area contributed by atoms with E-state index in [2.05, 4.69) is 15.4 Å². The number of aromatic amines is 1. The van der Waals surface area contributed by atoms with Crippen LogP contribution < -0.4 is 4.74 Å². The summed E-state index contributed by atoms with van der Waals surface area (Å²) in [6.45, 7) is 3.67. The summed E-state index contributed by atoms with van der Waals surface area (Å²) < 4.78 is 37.6. The molecule has 0 aliphatic heterocycles. The summed E-state index contributed by atoms with van der Waals surface area (Å²) in [7, 11) is 0. The molecule has 112 valence electrons. The van der Waals surface area contributed by atoms with Gasteiger partial charge in [-0.25, -0.2) is 13.6 Å². The Labute approximate surface area is 119 Å². The molecule has 0 aliphatic carbocycles. The number of rotatable bonds is 5. The van der Waals surface area contributed by atoms with Gasteiger partial charge in [-0.2, -0.15) is 10.3 Å². The highest BCUT2D eigenvalue weighted by molar-refractivity contribution is 5.94. The number of hydrogen-bond donors (Lipinski definition) is 1. The highest BCUT2D eigenvalue weighted by atomic mass is 19.2. The van der Waals surface area contributed by atoms with E-state index in [1.54, 1.807) is 13.8 Å². The van der Waals surface area contributed by atoms with Gasteiger partial charge in [-0.15, -0.1) is 5.10 Å². The second kappa shape index (κ2) is 6.29. The van der Waals surface area contributed by atoms with Crippen LogP contribution in [-0.4, -0.2) is 34.6 Å². The van der Waals surface area contributed by atoms with Crippen molar-refractivity contribution in [1.29, 1.82) is 0 Å². The van der Waals surface area contributed by atoms with Crippen LogP contribution in [0.25, 0.3) is 11.3 Å². The maximum absolute atomic E-state index is 14.1. The molecule has 0 unspecified atom stereocenters. The molecule has 0 amide bonds. The Morgan fingerprint density at radius 3 is 2.67 bits per heavy atom. The molecule has 1 aromatic carbocycles. The Kier molecular flexibility index (Phi) is 4.46. The lowest BCUT2D eigenvalue weighted by Gasteiger charge is -2.10. The lowest BCUT2D eigenvalue weighted by molar-refractivity contribution is 0.0520. The minimum absolute atomic E-state index is 0.0656. The molecule has 0 atom stereocenters. The second-order valence-electron chi connectivity index (χ2n) is 3.91. The maximum Gasteiger partial charge on any atom is 0.361 e. The Hall–Kier alpha value is -2.51. The van der Waals surface area contributed by atoms with Crippen LogP contribution in [-0.2, 0) is 4.74 Å². The summed E-state index contributed by atoms with van der Waals surface area (Å²) in [5, 5.41) is 9.55. The smallest absolute Gasteiger partial charge is 0.361 e. The number of nitrogens with zero attached hydrogens (tertiary/aromatic N) is 2. The normalized spacial score (nSPS) is 10.5. The van der Waals surface area contributed by atoms with Crippen molar-refractivity contribution in [2.24, 2.45) is 0 Å². The van der Waals surface area contributed by atoms with Gasteiger partial charge in [0.25, 0.3) is 0 Å². The van der Waals surface area contributed by atoms with E-state index in [1.165, 1.54) is 6.07 Å². The van der Waals surface area contributed by atoms with Gasteiger partial charge in [-0.1, -0.05) is 0 Å². The molecule has 0 fully saturated rings. The Balaban J connectivity index is 2.59. The zero-order chi connectivity index (χ0) is 15.4. The molecule has 0 saturated heterocycles. The zero-order valence-corrected chi connectivity index (χ0v) is 11.4. The van der Waals surface area contributed by atoms with E-state index >= 15 is 0 Å². The fraction of sp³-hybridized carbons (Fsp3) is 0.308. The van der Waals surface area contributed by atoms with E-state index in [-0.39, 0.29) is 35.9 Å². The summed E-state index contributed by atoms with van der Waals surface area (Å²) in [5.41, 5.74) is -0.662. The number of carbonyl (C=O) groups is 1. The summed E-state index contributed by atoms with van der Waals surface area (Å²) in [5.74, 6) is -2.96. The maximum atomic E-state index is 14.1.